The zero-order valence-electron chi connectivity index (χ0n) is 11.2. The molecule has 16 heavy (non-hydrogen) atoms. The first-order valence-electron chi connectivity index (χ1n) is 5.99. The molecule has 0 radical (unpaired) electrons. The minimum atomic E-state index is -0.305. The number of nitrogens with zero attached hydrogens (tertiary/aromatic N) is 1. The van der Waals surface area contributed by atoms with E-state index in [9.17, 15) is 4.79 Å². The van der Waals surface area contributed by atoms with Gasteiger partial charge < -0.3 is 10.4 Å². The smallest absolute Gasteiger partial charge is 0.234 e. The largest absolute Gasteiger partial charge is 0.393 e. The van der Waals surface area contributed by atoms with E-state index in [0.29, 0.717) is 18.9 Å². The Morgan fingerprint density at radius 3 is 2.31 bits per heavy atom. The molecule has 0 aliphatic rings. The second-order valence-corrected chi connectivity index (χ2v) is 4.98. The third kappa shape index (κ3) is 7.65. The quantitative estimate of drug-likeness (QED) is 0.682. The summed E-state index contributed by atoms with van der Waals surface area (Å²) in [5.41, 5.74) is 0. The van der Waals surface area contributed by atoms with Crippen LogP contribution in [0.15, 0.2) is 0 Å². The van der Waals surface area contributed by atoms with Crippen molar-refractivity contribution in [2.24, 2.45) is 5.92 Å². The first-order valence-corrected chi connectivity index (χ1v) is 5.99. The molecule has 0 spiro atoms. The van der Waals surface area contributed by atoms with Gasteiger partial charge in [0.15, 0.2) is 0 Å². The van der Waals surface area contributed by atoms with E-state index in [1.807, 2.05) is 18.9 Å². The maximum Gasteiger partial charge on any atom is 0.234 e. The average Bonchev–Trinajstić information content (AvgIpc) is 2.14. The lowest BCUT2D eigenvalue weighted by Crippen LogP contribution is -2.42. The van der Waals surface area contributed by atoms with E-state index in [0.717, 1.165) is 6.54 Å². The summed E-state index contributed by atoms with van der Waals surface area (Å²) in [4.78, 5) is 13.5. The van der Waals surface area contributed by atoms with Crippen LogP contribution in [0.4, 0.5) is 0 Å². The van der Waals surface area contributed by atoms with Gasteiger partial charge in [0.25, 0.3) is 0 Å². The van der Waals surface area contributed by atoms with E-state index in [4.69, 9.17) is 5.11 Å². The van der Waals surface area contributed by atoms with Crippen molar-refractivity contribution in [2.45, 2.75) is 46.3 Å². The van der Waals surface area contributed by atoms with Crippen LogP contribution in [0.3, 0.4) is 0 Å². The van der Waals surface area contributed by atoms with E-state index < -0.39 is 0 Å². The van der Waals surface area contributed by atoms with Crippen LogP contribution in [0, 0.1) is 5.92 Å². The second kappa shape index (κ2) is 7.63. The fourth-order valence-corrected chi connectivity index (χ4v) is 1.20. The molecule has 0 saturated heterocycles. The predicted octanol–water partition coefficient (Wildman–Crippen LogP) is 0.850. The molecule has 0 aromatic heterocycles. The zero-order chi connectivity index (χ0) is 12.7. The molecule has 2 N–H and O–H groups in total. The summed E-state index contributed by atoms with van der Waals surface area (Å²) < 4.78 is 0. The fraction of sp³-hybridized carbons (Fsp3) is 0.917. The molecule has 1 amide bonds. The number of rotatable bonds is 7. The molecule has 2 unspecified atom stereocenters. The van der Waals surface area contributed by atoms with Gasteiger partial charge in [-0.25, -0.2) is 0 Å². The van der Waals surface area contributed by atoms with Crippen LogP contribution in [-0.4, -0.2) is 48.2 Å². The molecule has 0 bridgehead atoms. The highest BCUT2D eigenvalue weighted by Gasteiger charge is 2.12. The van der Waals surface area contributed by atoms with Crippen molar-refractivity contribution in [1.82, 2.24) is 10.2 Å². The monoisotopic (exact) mass is 230 g/mol. The summed E-state index contributed by atoms with van der Waals surface area (Å²) in [6, 6.07) is 0.206. The third-order valence-corrected chi connectivity index (χ3v) is 2.73. The van der Waals surface area contributed by atoms with Gasteiger partial charge in [-0.15, -0.1) is 0 Å². The van der Waals surface area contributed by atoms with Crippen molar-refractivity contribution >= 4 is 5.91 Å². The summed E-state index contributed by atoms with van der Waals surface area (Å²) in [5.74, 6) is 0.501. The van der Waals surface area contributed by atoms with E-state index in [1.54, 1.807) is 6.92 Å². The molecule has 0 aliphatic heterocycles. The number of carbonyl (C=O) groups is 1. The topological polar surface area (TPSA) is 52.6 Å². The van der Waals surface area contributed by atoms with Crippen molar-refractivity contribution in [1.29, 1.82) is 0 Å². The van der Waals surface area contributed by atoms with Crippen LogP contribution in [-0.2, 0) is 4.79 Å². The minimum Gasteiger partial charge on any atom is -0.393 e. The highest BCUT2D eigenvalue weighted by Crippen LogP contribution is 1.99. The Hall–Kier alpha value is -0.610. The summed E-state index contributed by atoms with van der Waals surface area (Å²) in [6.07, 6.45) is 0.392. The van der Waals surface area contributed by atoms with Crippen LogP contribution >= 0.6 is 0 Å². The Morgan fingerprint density at radius 2 is 1.88 bits per heavy atom. The van der Waals surface area contributed by atoms with Gasteiger partial charge in [-0.1, -0.05) is 13.8 Å². The van der Waals surface area contributed by atoms with Crippen LogP contribution in [0.25, 0.3) is 0 Å². The first-order chi connectivity index (χ1) is 7.32. The molecule has 4 nitrogen and oxygen atoms in total. The SMILES string of the molecule is CC(O)CCN(C)CC(=O)NC(C)C(C)C. The molecule has 0 fully saturated rings. The Labute approximate surface area is 99.0 Å². The maximum absolute atomic E-state index is 11.6. The predicted molar refractivity (Wildman–Crippen MR) is 66.2 cm³/mol. The second-order valence-electron chi connectivity index (χ2n) is 4.98. The number of hydrogen-bond acceptors (Lipinski definition) is 3. The third-order valence-electron chi connectivity index (χ3n) is 2.73. The van der Waals surface area contributed by atoms with Crippen LogP contribution in [0.2, 0.25) is 0 Å². The first kappa shape index (κ1) is 15.4. The Kier molecular flexibility index (Phi) is 7.34. The van der Waals surface area contributed by atoms with Crippen molar-refractivity contribution in [2.75, 3.05) is 20.1 Å². The van der Waals surface area contributed by atoms with Crippen LogP contribution in [0.5, 0.6) is 0 Å². The molecular weight excluding hydrogens is 204 g/mol. The number of likely N-dealkylation sites (N-methyl/N-ethyl adjacent to an activating group) is 1. The molecule has 2 atom stereocenters. The summed E-state index contributed by atoms with van der Waals surface area (Å²) >= 11 is 0. The Morgan fingerprint density at radius 1 is 1.31 bits per heavy atom. The van der Waals surface area contributed by atoms with Crippen molar-refractivity contribution in [3.63, 3.8) is 0 Å². The maximum atomic E-state index is 11.6. The zero-order valence-corrected chi connectivity index (χ0v) is 11.2. The normalized spacial score (nSPS) is 15.2. The van der Waals surface area contributed by atoms with Gasteiger partial charge in [0.2, 0.25) is 5.91 Å². The molecule has 4 heteroatoms. The summed E-state index contributed by atoms with van der Waals surface area (Å²) in [5, 5.41) is 12.1. The van der Waals surface area contributed by atoms with Gasteiger partial charge in [0, 0.05) is 12.6 Å². The lowest BCUT2D eigenvalue weighted by Gasteiger charge is -2.21. The molecule has 96 valence electrons. The molecular formula is C12H26N2O2. The van der Waals surface area contributed by atoms with Gasteiger partial charge in [-0.2, -0.15) is 0 Å². The standard InChI is InChI=1S/C12H26N2O2/c1-9(2)11(4)13-12(16)8-14(5)7-6-10(3)15/h9-11,15H,6-8H2,1-5H3,(H,13,16). The summed E-state index contributed by atoms with van der Waals surface area (Å²) in [7, 11) is 1.89. The number of carbonyl (C=O) groups excluding carboxylic acids is 1. The average molecular weight is 230 g/mol. The van der Waals surface area contributed by atoms with E-state index in [-0.39, 0.29) is 18.1 Å². The van der Waals surface area contributed by atoms with Gasteiger partial charge in [-0.05, 0) is 33.2 Å². The van der Waals surface area contributed by atoms with Crippen molar-refractivity contribution in [3.8, 4) is 0 Å². The van der Waals surface area contributed by atoms with Gasteiger partial charge in [0.05, 0.1) is 12.6 Å². The molecule has 0 heterocycles. The molecule has 0 aromatic carbocycles. The molecule has 0 aliphatic carbocycles. The molecule has 0 saturated carbocycles. The number of nitrogens with one attached hydrogen (secondary N) is 1. The van der Waals surface area contributed by atoms with E-state index in [1.165, 1.54) is 0 Å². The fourth-order valence-electron chi connectivity index (χ4n) is 1.20. The number of amides is 1. The van der Waals surface area contributed by atoms with Crippen LogP contribution in [0.1, 0.15) is 34.1 Å². The number of hydrogen-bond donors (Lipinski definition) is 2. The summed E-state index contributed by atoms with van der Waals surface area (Å²) in [6.45, 7) is 9.07. The highest BCUT2D eigenvalue weighted by molar-refractivity contribution is 5.78. The lowest BCUT2D eigenvalue weighted by atomic mass is 10.1. The van der Waals surface area contributed by atoms with Crippen LogP contribution < -0.4 is 5.32 Å². The molecule has 0 aromatic rings. The van der Waals surface area contributed by atoms with Gasteiger partial charge in [0.1, 0.15) is 0 Å². The highest BCUT2D eigenvalue weighted by atomic mass is 16.3. The number of aliphatic hydroxyl groups is 1. The van der Waals surface area contributed by atoms with Crippen molar-refractivity contribution < 1.29 is 9.90 Å². The van der Waals surface area contributed by atoms with E-state index in [2.05, 4.69) is 19.2 Å². The Balaban J connectivity index is 3.78. The van der Waals surface area contributed by atoms with Gasteiger partial charge >= 0.3 is 0 Å². The minimum absolute atomic E-state index is 0.0503. The van der Waals surface area contributed by atoms with Crippen molar-refractivity contribution in [3.05, 3.63) is 0 Å². The molecule has 0 rings (SSSR count). The van der Waals surface area contributed by atoms with Gasteiger partial charge in [-0.3, -0.25) is 9.69 Å². The Bertz CT molecular complexity index is 205. The number of aliphatic hydroxyl groups excluding tert-OH is 1. The van der Waals surface area contributed by atoms with E-state index >= 15 is 0 Å². The lowest BCUT2D eigenvalue weighted by molar-refractivity contribution is -0.122.